The van der Waals surface area contributed by atoms with Gasteiger partial charge < -0.3 is 10.1 Å². The Morgan fingerprint density at radius 2 is 1.88 bits per heavy atom. The van der Waals surface area contributed by atoms with E-state index in [1.54, 1.807) is 0 Å². The fraction of sp³-hybridized carbons (Fsp3) is 1.00. The number of nitrogens with zero attached hydrogens (tertiary/aromatic N) is 1. The maximum atomic E-state index is 5.50. The Balaban J connectivity index is 1.68. The molecule has 2 unspecified atom stereocenters. The van der Waals surface area contributed by atoms with Crippen LogP contribution in [0.4, 0.5) is 0 Å². The van der Waals surface area contributed by atoms with Gasteiger partial charge in [-0.3, -0.25) is 4.90 Å². The summed E-state index contributed by atoms with van der Waals surface area (Å²) in [6, 6.07) is 1.45. The molecule has 3 fully saturated rings. The fourth-order valence-corrected chi connectivity index (χ4v) is 3.59. The lowest BCUT2D eigenvalue weighted by atomic mass is 9.89. The zero-order chi connectivity index (χ0) is 11.9. The van der Waals surface area contributed by atoms with Crippen molar-refractivity contribution in [3.05, 3.63) is 0 Å². The summed E-state index contributed by atoms with van der Waals surface area (Å²) in [6.07, 6.45) is 5.31. The van der Waals surface area contributed by atoms with Crippen LogP contribution >= 0.6 is 0 Å². The van der Waals surface area contributed by atoms with Crippen LogP contribution in [0, 0.1) is 5.92 Å². The zero-order valence-corrected chi connectivity index (χ0v) is 11.2. The predicted octanol–water partition coefficient (Wildman–Crippen LogP) is 1.63. The van der Waals surface area contributed by atoms with Gasteiger partial charge in [-0.05, 0) is 45.4 Å². The van der Waals surface area contributed by atoms with Crippen LogP contribution in [-0.4, -0.2) is 48.8 Å². The molecule has 0 bridgehead atoms. The maximum absolute atomic E-state index is 5.50. The van der Waals surface area contributed by atoms with Gasteiger partial charge in [0.05, 0.1) is 0 Å². The third kappa shape index (κ3) is 2.38. The van der Waals surface area contributed by atoms with Crippen LogP contribution < -0.4 is 5.32 Å². The molecule has 1 aliphatic carbocycles. The fourth-order valence-electron chi connectivity index (χ4n) is 3.59. The molecule has 2 aliphatic heterocycles. The number of nitrogens with one attached hydrogen (secondary N) is 1. The first-order chi connectivity index (χ1) is 8.19. The van der Waals surface area contributed by atoms with E-state index < -0.39 is 0 Å². The van der Waals surface area contributed by atoms with E-state index in [2.05, 4.69) is 24.1 Å². The van der Waals surface area contributed by atoms with Crippen LogP contribution in [0.1, 0.15) is 39.5 Å². The first-order valence-corrected chi connectivity index (χ1v) is 7.27. The highest BCUT2D eigenvalue weighted by molar-refractivity contribution is 5.04. The van der Waals surface area contributed by atoms with Crippen molar-refractivity contribution in [2.75, 3.05) is 26.3 Å². The number of rotatable bonds is 2. The summed E-state index contributed by atoms with van der Waals surface area (Å²) in [5.41, 5.74) is 0.380. The molecule has 0 aromatic heterocycles. The molecule has 3 rings (SSSR count). The second kappa shape index (κ2) is 4.52. The molecule has 98 valence electrons. The van der Waals surface area contributed by atoms with Gasteiger partial charge in [0, 0.05) is 43.9 Å². The van der Waals surface area contributed by atoms with Gasteiger partial charge in [0.15, 0.2) is 0 Å². The summed E-state index contributed by atoms with van der Waals surface area (Å²) in [4.78, 5) is 2.76. The summed E-state index contributed by atoms with van der Waals surface area (Å²) in [6.45, 7) is 9.12. The van der Waals surface area contributed by atoms with Crippen LogP contribution in [0.15, 0.2) is 0 Å². The lowest BCUT2D eigenvalue weighted by molar-refractivity contribution is -0.0130. The van der Waals surface area contributed by atoms with Crippen LogP contribution in [0.25, 0.3) is 0 Å². The molecule has 2 saturated heterocycles. The number of ether oxygens (including phenoxy) is 1. The summed E-state index contributed by atoms with van der Waals surface area (Å²) < 4.78 is 5.50. The highest BCUT2D eigenvalue weighted by Gasteiger charge is 2.46. The van der Waals surface area contributed by atoms with Crippen LogP contribution in [-0.2, 0) is 4.74 Å². The van der Waals surface area contributed by atoms with Crippen molar-refractivity contribution in [3.8, 4) is 0 Å². The Hall–Kier alpha value is -0.120. The van der Waals surface area contributed by atoms with Crippen LogP contribution in [0.5, 0.6) is 0 Å². The molecule has 0 aromatic rings. The zero-order valence-electron chi connectivity index (χ0n) is 11.2. The van der Waals surface area contributed by atoms with Gasteiger partial charge in [-0.15, -0.1) is 0 Å². The molecule has 2 heterocycles. The molecule has 3 nitrogen and oxygen atoms in total. The van der Waals surface area contributed by atoms with Crippen molar-refractivity contribution < 1.29 is 4.74 Å². The lowest BCUT2D eigenvalue weighted by Crippen LogP contribution is -2.65. The molecular formula is C14H26N2O. The van der Waals surface area contributed by atoms with Gasteiger partial charge in [0.2, 0.25) is 0 Å². The van der Waals surface area contributed by atoms with Crippen molar-refractivity contribution in [2.24, 2.45) is 5.92 Å². The van der Waals surface area contributed by atoms with E-state index in [1.807, 2.05) is 0 Å². The van der Waals surface area contributed by atoms with Crippen molar-refractivity contribution in [3.63, 3.8) is 0 Å². The monoisotopic (exact) mass is 238 g/mol. The quantitative estimate of drug-likeness (QED) is 0.791. The molecule has 3 heteroatoms. The van der Waals surface area contributed by atoms with Crippen LogP contribution in [0.2, 0.25) is 0 Å². The summed E-state index contributed by atoms with van der Waals surface area (Å²) in [7, 11) is 0. The minimum absolute atomic E-state index is 0.380. The Morgan fingerprint density at radius 3 is 2.53 bits per heavy atom. The number of hydrogen-bond donors (Lipinski definition) is 1. The highest BCUT2D eigenvalue weighted by atomic mass is 16.5. The summed E-state index contributed by atoms with van der Waals surface area (Å²) >= 11 is 0. The molecule has 0 amide bonds. The van der Waals surface area contributed by atoms with Crippen molar-refractivity contribution >= 4 is 0 Å². The van der Waals surface area contributed by atoms with Gasteiger partial charge in [-0.25, -0.2) is 0 Å². The van der Waals surface area contributed by atoms with E-state index in [9.17, 15) is 0 Å². The average molecular weight is 238 g/mol. The van der Waals surface area contributed by atoms with Crippen molar-refractivity contribution in [1.29, 1.82) is 0 Å². The number of hydrogen-bond acceptors (Lipinski definition) is 3. The molecule has 17 heavy (non-hydrogen) atoms. The minimum atomic E-state index is 0.380. The van der Waals surface area contributed by atoms with E-state index in [0.29, 0.717) is 11.6 Å². The molecule has 0 aromatic carbocycles. The van der Waals surface area contributed by atoms with E-state index in [4.69, 9.17) is 4.74 Å². The Bertz CT molecular complexity index is 273. The first kappa shape index (κ1) is 11.9. The smallest absolute Gasteiger partial charge is 0.0480 e. The SMILES string of the molecule is CC1CNC(C)(C2CC2)CN1C1CCOCC1. The molecule has 3 aliphatic rings. The minimum Gasteiger partial charge on any atom is -0.381 e. The Labute approximate surface area is 105 Å². The number of piperazine rings is 1. The van der Waals surface area contributed by atoms with Gasteiger partial charge in [0.1, 0.15) is 0 Å². The molecule has 1 saturated carbocycles. The second-order valence-corrected chi connectivity index (χ2v) is 6.44. The van der Waals surface area contributed by atoms with Gasteiger partial charge >= 0.3 is 0 Å². The highest BCUT2D eigenvalue weighted by Crippen LogP contribution is 2.42. The first-order valence-electron chi connectivity index (χ1n) is 7.27. The van der Waals surface area contributed by atoms with E-state index >= 15 is 0 Å². The van der Waals surface area contributed by atoms with Crippen molar-refractivity contribution in [1.82, 2.24) is 10.2 Å². The standard InChI is InChI=1S/C14H26N2O/c1-11-9-15-14(2,12-3-4-12)10-16(11)13-5-7-17-8-6-13/h11-13,15H,3-10H2,1-2H3. The molecule has 1 N–H and O–H groups in total. The third-order valence-electron chi connectivity index (χ3n) is 5.02. The Kier molecular flexibility index (Phi) is 3.18. The topological polar surface area (TPSA) is 24.5 Å². The Morgan fingerprint density at radius 1 is 1.18 bits per heavy atom. The van der Waals surface area contributed by atoms with Gasteiger partial charge in [0.25, 0.3) is 0 Å². The second-order valence-electron chi connectivity index (χ2n) is 6.44. The van der Waals surface area contributed by atoms with E-state index in [0.717, 1.165) is 31.7 Å². The molecule has 2 atom stereocenters. The summed E-state index contributed by atoms with van der Waals surface area (Å²) in [5, 5.41) is 3.80. The van der Waals surface area contributed by atoms with E-state index in [1.165, 1.54) is 32.2 Å². The molecular weight excluding hydrogens is 212 g/mol. The van der Waals surface area contributed by atoms with Crippen molar-refractivity contribution in [2.45, 2.75) is 57.2 Å². The summed E-state index contributed by atoms with van der Waals surface area (Å²) in [5.74, 6) is 0.928. The molecule has 0 spiro atoms. The van der Waals surface area contributed by atoms with Gasteiger partial charge in [-0.1, -0.05) is 0 Å². The van der Waals surface area contributed by atoms with E-state index in [-0.39, 0.29) is 0 Å². The molecule has 0 radical (unpaired) electrons. The predicted molar refractivity (Wildman–Crippen MR) is 69.1 cm³/mol. The largest absolute Gasteiger partial charge is 0.381 e. The third-order valence-corrected chi connectivity index (χ3v) is 5.02. The average Bonchev–Trinajstić information content (AvgIpc) is 3.18. The van der Waals surface area contributed by atoms with Crippen LogP contribution in [0.3, 0.4) is 0 Å². The normalized spacial score (nSPS) is 41.6. The maximum Gasteiger partial charge on any atom is 0.0480 e. The van der Waals surface area contributed by atoms with Gasteiger partial charge in [-0.2, -0.15) is 0 Å². The lowest BCUT2D eigenvalue weighted by Gasteiger charge is -2.49.